The van der Waals surface area contributed by atoms with Crippen LogP contribution in [0, 0.1) is 0 Å². The van der Waals surface area contributed by atoms with E-state index in [0.717, 1.165) is 18.5 Å². The molecule has 0 amide bonds. The summed E-state index contributed by atoms with van der Waals surface area (Å²) in [4.78, 5) is 0. The van der Waals surface area contributed by atoms with E-state index in [2.05, 4.69) is 42.9 Å². The third kappa shape index (κ3) is 12.3. The molecule has 0 saturated heterocycles. The van der Waals surface area contributed by atoms with Crippen LogP contribution in [-0.4, -0.2) is 67.0 Å². The number of hydrogen-bond donors (Lipinski definition) is 0. The third-order valence-electron chi connectivity index (χ3n) is 3.37. The first-order valence-corrected chi connectivity index (χ1v) is 11.4. The lowest BCUT2D eigenvalue weighted by atomic mass is 10.2. The highest BCUT2D eigenvalue weighted by Gasteiger charge is 2.23. The Morgan fingerprint density at radius 1 is 0.750 bits per heavy atom. The molecule has 0 atom stereocenters. The smallest absolute Gasteiger partial charge is 0.0701 e. The molecule has 6 heteroatoms. The van der Waals surface area contributed by atoms with Crippen LogP contribution in [0.2, 0.25) is 18.1 Å². The zero-order valence-corrected chi connectivity index (χ0v) is 16.2. The summed E-state index contributed by atoms with van der Waals surface area (Å²) < 4.78 is 21.8. The van der Waals surface area contributed by atoms with E-state index in [0.29, 0.717) is 44.7 Å². The lowest BCUT2D eigenvalue weighted by Gasteiger charge is -2.27. The largest absolute Gasteiger partial charge is 0.379 e. The lowest BCUT2D eigenvalue weighted by Crippen LogP contribution is -2.27. The summed E-state index contributed by atoms with van der Waals surface area (Å²) in [6.07, 6.45) is 0. The van der Waals surface area contributed by atoms with Crippen molar-refractivity contribution in [2.75, 3.05) is 58.2 Å². The average molecular weight is 371 g/mol. The predicted octanol–water partition coefficient (Wildman–Crippen LogP) is 2.71. The molecule has 0 aromatic carbocycles. The minimum Gasteiger partial charge on any atom is -0.379 e. The fraction of sp³-hybridized carbons (Fsp3) is 1.00. The molecule has 0 N–H and O–H groups in total. The van der Waals surface area contributed by atoms with Crippen molar-refractivity contribution < 1.29 is 18.9 Å². The van der Waals surface area contributed by atoms with E-state index in [1.807, 2.05) is 0 Å². The fourth-order valence-corrected chi connectivity index (χ4v) is 1.90. The van der Waals surface area contributed by atoms with Gasteiger partial charge in [-0.15, -0.1) is 0 Å². The van der Waals surface area contributed by atoms with Crippen LogP contribution in [-0.2, 0) is 18.9 Å². The Labute approximate surface area is 134 Å². The van der Waals surface area contributed by atoms with Gasteiger partial charge < -0.3 is 18.9 Å². The molecule has 0 radical (unpaired) electrons. The van der Waals surface area contributed by atoms with E-state index >= 15 is 0 Å². The molecule has 0 aliphatic rings. The van der Waals surface area contributed by atoms with E-state index in [9.17, 15) is 0 Å². The van der Waals surface area contributed by atoms with Crippen LogP contribution in [0.15, 0.2) is 0 Å². The molecule has 0 spiro atoms. The number of halogens is 1. The quantitative estimate of drug-likeness (QED) is 0.267. The van der Waals surface area contributed by atoms with Crippen LogP contribution in [0.25, 0.3) is 0 Å². The first-order chi connectivity index (χ1) is 9.50. The minimum atomic E-state index is -0.667. The summed E-state index contributed by atoms with van der Waals surface area (Å²) in [5.41, 5.74) is 0. The predicted molar refractivity (Wildman–Crippen MR) is 90.0 cm³/mol. The normalized spacial score (nSPS) is 12.3. The lowest BCUT2D eigenvalue weighted by molar-refractivity contribution is -0.00258. The van der Waals surface area contributed by atoms with Crippen molar-refractivity contribution in [3.05, 3.63) is 0 Å². The SMILES string of the molecule is C[SiH](C)C(C)(C)COCCOCCOCCOCCBr. The van der Waals surface area contributed by atoms with Crippen LogP contribution in [0.4, 0.5) is 0 Å². The molecule has 0 bridgehead atoms. The van der Waals surface area contributed by atoms with E-state index in [4.69, 9.17) is 18.9 Å². The summed E-state index contributed by atoms with van der Waals surface area (Å²) in [7, 11) is -0.667. The summed E-state index contributed by atoms with van der Waals surface area (Å²) >= 11 is 3.30. The van der Waals surface area contributed by atoms with Gasteiger partial charge in [-0.2, -0.15) is 0 Å². The number of ether oxygens (including phenoxy) is 4. The maximum Gasteiger partial charge on any atom is 0.0701 e. The molecule has 122 valence electrons. The average Bonchev–Trinajstić information content (AvgIpc) is 2.39. The monoisotopic (exact) mass is 370 g/mol. The van der Waals surface area contributed by atoms with Crippen LogP contribution in [0.3, 0.4) is 0 Å². The highest BCUT2D eigenvalue weighted by Crippen LogP contribution is 2.27. The molecular weight excluding hydrogens is 340 g/mol. The molecule has 0 heterocycles. The van der Waals surface area contributed by atoms with Gasteiger partial charge in [-0.25, -0.2) is 0 Å². The Balaban J connectivity index is 3.17. The Kier molecular flexibility index (Phi) is 13.6. The van der Waals surface area contributed by atoms with Crippen LogP contribution < -0.4 is 0 Å². The molecule has 0 aliphatic heterocycles. The molecule has 0 saturated carbocycles. The van der Waals surface area contributed by atoms with Gasteiger partial charge in [-0.3, -0.25) is 0 Å². The Bertz CT molecular complexity index is 215. The highest BCUT2D eigenvalue weighted by molar-refractivity contribution is 9.09. The summed E-state index contributed by atoms with van der Waals surface area (Å²) in [5.74, 6) is 0. The molecule has 4 nitrogen and oxygen atoms in total. The first kappa shape index (κ1) is 20.5. The molecule has 0 rings (SSSR count). The van der Waals surface area contributed by atoms with Crippen LogP contribution in [0.5, 0.6) is 0 Å². The second-order valence-corrected chi connectivity index (χ2v) is 10.4. The van der Waals surface area contributed by atoms with Crippen molar-refractivity contribution in [2.45, 2.75) is 32.0 Å². The Hall–Kier alpha value is 0.537. The molecule has 0 aliphatic carbocycles. The van der Waals surface area contributed by atoms with E-state index < -0.39 is 8.80 Å². The second kappa shape index (κ2) is 13.2. The molecular formula is C14H31BrO4Si. The number of rotatable bonds is 14. The van der Waals surface area contributed by atoms with Crippen molar-refractivity contribution in [3.8, 4) is 0 Å². The zero-order valence-electron chi connectivity index (χ0n) is 13.5. The van der Waals surface area contributed by atoms with Gasteiger partial charge in [0, 0.05) is 20.7 Å². The summed E-state index contributed by atoms with van der Waals surface area (Å²) in [5, 5.41) is 1.23. The van der Waals surface area contributed by atoms with Crippen LogP contribution in [0.1, 0.15) is 13.8 Å². The highest BCUT2D eigenvalue weighted by atomic mass is 79.9. The molecule has 0 aromatic rings. The van der Waals surface area contributed by atoms with Crippen molar-refractivity contribution >= 4 is 24.7 Å². The first-order valence-electron chi connectivity index (χ1n) is 7.37. The number of hydrogen-bond acceptors (Lipinski definition) is 4. The fourth-order valence-electron chi connectivity index (χ4n) is 1.22. The molecule has 20 heavy (non-hydrogen) atoms. The maximum absolute atomic E-state index is 5.68. The van der Waals surface area contributed by atoms with Gasteiger partial charge in [0.2, 0.25) is 0 Å². The topological polar surface area (TPSA) is 36.9 Å². The molecule has 0 aromatic heterocycles. The van der Waals surface area contributed by atoms with Crippen molar-refractivity contribution in [3.63, 3.8) is 0 Å². The summed E-state index contributed by atoms with van der Waals surface area (Å²) in [6.45, 7) is 14.7. The van der Waals surface area contributed by atoms with Crippen molar-refractivity contribution in [2.24, 2.45) is 0 Å². The van der Waals surface area contributed by atoms with Gasteiger partial charge in [-0.05, 0) is 5.04 Å². The van der Waals surface area contributed by atoms with Gasteiger partial charge in [0.15, 0.2) is 0 Å². The van der Waals surface area contributed by atoms with Crippen molar-refractivity contribution in [1.82, 2.24) is 0 Å². The van der Waals surface area contributed by atoms with Gasteiger partial charge in [0.05, 0.1) is 46.2 Å². The minimum absolute atomic E-state index is 0.359. The molecule has 0 unspecified atom stereocenters. The van der Waals surface area contributed by atoms with E-state index in [1.165, 1.54) is 0 Å². The van der Waals surface area contributed by atoms with E-state index in [1.54, 1.807) is 0 Å². The van der Waals surface area contributed by atoms with Gasteiger partial charge in [-0.1, -0.05) is 42.9 Å². The standard InChI is InChI=1S/C14H31BrO4Si/c1-14(2,20(3)4)13-19-12-11-18-10-9-17-8-7-16-6-5-15/h20H,5-13H2,1-4H3. The maximum atomic E-state index is 5.68. The van der Waals surface area contributed by atoms with Gasteiger partial charge in [0.25, 0.3) is 0 Å². The Morgan fingerprint density at radius 3 is 1.55 bits per heavy atom. The molecule has 0 fully saturated rings. The van der Waals surface area contributed by atoms with Gasteiger partial charge >= 0.3 is 0 Å². The Morgan fingerprint density at radius 2 is 1.15 bits per heavy atom. The van der Waals surface area contributed by atoms with E-state index in [-0.39, 0.29) is 0 Å². The van der Waals surface area contributed by atoms with Gasteiger partial charge in [0.1, 0.15) is 0 Å². The van der Waals surface area contributed by atoms with Crippen molar-refractivity contribution in [1.29, 1.82) is 0 Å². The number of alkyl halides is 1. The second-order valence-electron chi connectivity index (χ2n) is 5.72. The summed E-state index contributed by atoms with van der Waals surface area (Å²) in [6, 6.07) is 0. The third-order valence-corrected chi connectivity index (χ3v) is 6.99. The zero-order chi connectivity index (χ0) is 15.3. The van der Waals surface area contributed by atoms with Crippen LogP contribution >= 0.6 is 15.9 Å².